The summed E-state index contributed by atoms with van der Waals surface area (Å²) >= 11 is 5.84. The van der Waals surface area contributed by atoms with Gasteiger partial charge < -0.3 is 14.8 Å². The van der Waals surface area contributed by atoms with Gasteiger partial charge in [-0.1, -0.05) is 58.4 Å². The van der Waals surface area contributed by atoms with Crippen molar-refractivity contribution in [2.45, 2.75) is 20.1 Å². The molecule has 0 bridgehead atoms. The number of aryl methyl sites for hydroxylation is 1. The number of ether oxygens (including phenoxy) is 2. The number of methoxy groups -OCH3 is 1. The number of halogens is 2. The van der Waals surface area contributed by atoms with Gasteiger partial charge in [-0.3, -0.25) is 0 Å². The lowest BCUT2D eigenvalue weighted by atomic mass is 10.1. The van der Waals surface area contributed by atoms with Crippen molar-refractivity contribution < 1.29 is 9.47 Å². The molecule has 0 aliphatic carbocycles. The Labute approximate surface area is 205 Å². The van der Waals surface area contributed by atoms with Crippen LogP contribution >= 0.6 is 38.5 Å². The molecule has 1 N–H and O–H groups in total. The van der Waals surface area contributed by atoms with Crippen LogP contribution in [0.5, 0.6) is 11.5 Å². The number of rotatable bonds is 7. The van der Waals surface area contributed by atoms with Gasteiger partial charge in [0, 0.05) is 16.7 Å². The van der Waals surface area contributed by atoms with Gasteiger partial charge in [0.15, 0.2) is 11.5 Å². The minimum atomic E-state index is 0.489. The summed E-state index contributed by atoms with van der Waals surface area (Å²) in [7, 11) is 1.69. The highest BCUT2D eigenvalue weighted by Gasteiger charge is 2.13. The number of fused-ring (bicyclic) bond motifs is 1. The SMILES string of the molecule is COc1cc(CNc2ccc(Br)cc2C)cc(I)c1OCc1cccc2ccccc12. The topological polar surface area (TPSA) is 30.5 Å². The van der Waals surface area contributed by atoms with E-state index < -0.39 is 0 Å². The van der Waals surface area contributed by atoms with E-state index in [1.54, 1.807) is 7.11 Å². The molecule has 0 heterocycles. The summed E-state index contributed by atoms with van der Waals surface area (Å²) in [6.45, 7) is 3.30. The fraction of sp³-hybridized carbons (Fsp3) is 0.154. The molecular weight excluding hydrogens is 565 g/mol. The Kier molecular flexibility index (Phi) is 7.02. The molecule has 0 aromatic heterocycles. The molecule has 0 aliphatic rings. The van der Waals surface area contributed by atoms with Crippen LogP contribution in [0.3, 0.4) is 0 Å². The molecule has 4 aromatic carbocycles. The van der Waals surface area contributed by atoms with E-state index in [1.165, 1.54) is 16.3 Å². The molecule has 0 amide bonds. The van der Waals surface area contributed by atoms with Crippen molar-refractivity contribution in [1.29, 1.82) is 0 Å². The summed E-state index contributed by atoms with van der Waals surface area (Å²) in [6, 6.07) is 25.1. The van der Waals surface area contributed by atoms with Gasteiger partial charge in [-0.2, -0.15) is 0 Å². The van der Waals surface area contributed by atoms with E-state index in [-0.39, 0.29) is 0 Å². The van der Waals surface area contributed by atoms with Crippen LogP contribution in [-0.4, -0.2) is 7.11 Å². The maximum Gasteiger partial charge on any atom is 0.174 e. The molecule has 4 rings (SSSR count). The standard InChI is InChI=1S/C26H23BrINO2/c1-17-12-21(27)10-11-24(17)29-15-18-13-23(28)26(25(14-18)30-2)31-16-20-8-5-7-19-6-3-4-9-22(19)20/h3-14,29H,15-16H2,1-2H3. The minimum absolute atomic E-state index is 0.489. The molecule has 0 atom stereocenters. The quantitative estimate of drug-likeness (QED) is 0.225. The van der Waals surface area contributed by atoms with Crippen LogP contribution in [0.1, 0.15) is 16.7 Å². The summed E-state index contributed by atoms with van der Waals surface area (Å²) in [5.41, 5.74) is 4.62. The van der Waals surface area contributed by atoms with Crippen LogP contribution in [0, 0.1) is 10.5 Å². The normalized spacial score (nSPS) is 10.8. The Bertz CT molecular complexity index is 1220. The highest BCUT2D eigenvalue weighted by atomic mass is 127. The van der Waals surface area contributed by atoms with Crippen LogP contribution in [0.2, 0.25) is 0 Å². The van der Waals surface area contributed by atoms with E-state index in [4.69, 9.17) is 9.47 Å². The largest absolute Gasteiger partial charge is 0.493 e. The number of hydrogen-bond acceptors (Lipinski definition) is 3. The summed E-state index contributed by atoms with van der Waals surface area (Å²) < 4.78 is 14.0. The van der Waals surface area contributed by atoms with Gasteiger partial charge in [0.1, 0.15) is 6.61 Å². The fourth-order valence-corrected chi connectivity index (χ4v) is 4.90. The minimum Gasteiger partial charge on any atom is -0.493 e. The van der Waals surface area contributed by atoms with Crippen molar-refractivity contribution in [3.8, 4) is 11.5 Å². The molecule has 5 heteroatoms. The van der Waals surface area contributed by atoms with E-state index in [0.29, 0.717) is 13.2 Å². The summed E-state index contributed by atoms with van der Waals surface area (Å²) in [4.78, 5) is 0. The molecule has 0 unspecified atom stereocenters. The average molecular weight is 588 g/mol. The Morgan fingerprint density at radius 3 is 2.58 bits per heavy atom. The molecule has 0 spiro atoms. The molecule has 4 aromatic rings. The molecule has 3 nitrogen and oxygen atoms in total. The lowest BCUT2D eigenvalue weighted by molar-refractivity contribution is 0.283. The maximum atomic E-state index is 6.24. The van der Waals surface area contributed by atoms with E-state index in [0.717, 1.165) is 36.4 Å². The second kappa shape index (κ2) is 9.92. The zero-order valence-electron chi connectivity index (χ0n) is 17.4. The lowest BCUT2D eigenvalue weighted by Crippen LogP contribution is -2.04. The number of benzene rings is 4. The zero-order valence-corrected chi connectivity index (χ0v) is 21.2. The van der Waals surface area contributed by atoms with Crippen molar-refractivity contribution in [2.75, 3.05) is 12.4 Å². The Morgan fingerprint density at radius 2 is 1.77 bits per heavy atom. The molecule has 0 aliphatic heterocycles. The van der Waals surface area contributed by atoms with Gasteiger partial charge in [0.05, 0.1) is 10.7 Å². The van der Waals surface area contributed by atoms with E-state index >= 15 is 0 Å². The van der Waals surface area contributed by atoms with Gasteiger partial charge in [-0.05, 0) is 87.3 Å². The number of hydrogen-bond donors (Lipinski definition) is 1. The second-order valence-electron chi connectivity index (χ2n) is 7.35. The molecule has 0 saturated heterocycles. The summed E-state index contributed by atoms with van der Waals surface area (Å²) in [5, 5.41) is 5.94. The van der Waals surface area contributed by atoms with Gasteiger partial charge in [0.25, 0.3) is 0 Å². The highest BCUT2D eigenvalue weighted by Crippen LogP contribution is 2.35. The van der Waals surface area contributed by atoms with Crippen LogP contribution < -0.4 is 14.8 Å². The third kappa shape index (κ3) is 5.15. The Morgan fingerprint density at radius 1 is 0.968 bits per heavy atom. The second-order valence-corrected chi connectivity index (χ2v) is 9.43. The van der Waals surface area contributed by atoms with Crippen LogP contribution in [0.25, 0.3) is 10.8 Å². The first-order valence-corrected chi connectivity index (χ1v) is 11.9. The van der Waals surface area contributed by atoms with Crippen molar-refractivity contribution in [1.82, 2.24) is 0 Å². The summed E-state index contributed by atoms with van der Waals surface area (Å²) in [6.07, 6.45) is 0. The third-order valence-electron chi connectivity index (χ3n) is 5.21. The van der Waals surface area contributed by atoms with E-state index in [9.17, 15) is 0 Å². The fourth-order valence-electron chi connectivity index (χ4n) is 3.61. The number of anilines is 1. The monoisotopic (exact) mass is 587 g/mol. The van der Waals surface area contributed by atoms with Gasteiger partial charge >= 0.3 is 0 Å². The van der Waals surface area contributed by atoms with Crippen molar-refractivity contribution in [2.24, 2.45) is 0 Å². The predicted octanol–water partition coefficient (Wildman–Crippen LogP) is 7.72. The number of nitrogens with one attached hydrogen (secondary N) is 1. The van der Waals surface area contributed by atoms with Gasteiger partial charge in [-0.15, -0.1) is 0 Å². The average Bonchev–Trinajstić information content (AvgIpc) is 2.77. The first-order valence-electron chi connectivity index (χ1n) is 10.0. The van der Waals surface area contributed by atoms with E-state index in [2.05, 4.69) is 111 Å². The molecular formula is C26H23BrINO2. The molecule has 0 fully saturated rings. The predicted molar refractivity (Wildman–Crippen MR) is 140 cm³/mol. The molecule has 0 saturated carbocycles. The third-order valence-corrected chi connectivity index (χ3v) is 6.51. The highest BCUT2D eigenvalue weighted by molar-refractivity contribution is 14.1. The van der Waals surface area contributed by atoms with Crippen molar-refractivity contribution in [3.05, 3.63) is 97.5 Å². The van der Waals surface area contributed by atoms with E-state index in [1.807, 2.05) is 12.1 Å². The van der Waals surface area contributed by atoms with Crippen LogP contribution in [-0.2, 0) is 13.2 Å². The van der Waals surface area contributed by atoms with Crippen LogP contribution in [0.15, 0.2) is 77.3 Å². The smallest absolute Gasteiger partial charge is 0.174 e. The lowest BCUT2D eigenvalue weighted by Gasteiger charge is -2.16. The first-order chi connectivity index (χ1) is 15.0. The zero-order chi connectivity index (χ0) is 21.8. The molecule has 0 radical (unpaired) electrons. The van der Waals surface area contributed by atoms with Crippen LogP contribution in [0.4, 0.5) is 5.69 Å². The van der Waals surface area contributed by atoms with Crippen molar-refractivity contribution in [3.63, 3.8) is 0 Å². The van der Waals surface area contributed by atoms with Gasteiger partial charge in [0.2, 0.25) is 0 Å². The van der Waals surface area contributed by atoms with Gasteiger partial charge in [-0.25, -0.2) is 0 Å². The molecule has 31 heavy (non-hydrogen) atoms. The first kappa shape index (κ1) is 22.0. The summed E-state index contributed by atoms with van der Waals surface area (Å²) in [5.74, 6) is 1.52. The Hall–Kier alpha value is -2.25. The molecule has 158 valence electrons. The van der Waals surface area contributed by atoms with Crippen molar-refractivity contribution >= 4 is 55.0 Å². The maximum absolute atomic E-state index is 6.24. The Balaban J connectivity index is 1.52.